The second kappa shape index (κ2) is 6.79. The Kier molecular flexibility index (Phi) is 4.38. The predicted octanol–water partition coefficient (Wildman–Crippen LogP) is 4.36. The van der Waals surface area contributed by atoms with Crippen molar-refractivity contribution in [3.05, 3.63) is 96.1 Å². The molecule has 0 aliphatic heterocycles. The molecular formula is C20H15NO3. The average molecular weight is 317 g/mol. The lowest BCUT2D eigenvalue weighted by molar-refractivity contribution is 0.0698. The van der Waals surface area contributed by atoms with Crippen molar-refractivity contribution >= 4 is 23.3 Å². The molecular weight excluding hydrogens is 302 g/mol. The first-order chi connectivity index (χ1) is 11.7. The van der Waals surface area contributed by atoms with Crippen molar-refractivity contribution < 1.29 is 14.7 Å². The van der Waals surface area contributed by atoms with Gasteiger partial charge >= 0.3 is 5.97 Å². The lowest BCUT2D eigenvalue weighted by atomic mass is 10.1. The summed E-state index contributed by atoms with van der Waals surface area (Å²) < 4.78 is 0. The molecule has 0 fully saturated rings. The number of rotatable bonds is 4. The van der Waals surface area contributed by atoms with E-state index in [1.807, 2.05) is 24.3 Å². The molecule has 0 saturated heterocycles. The fourth-order valence-electron chi connectivity index (χ4n) is 2.50. The van der Waals surface area contributed by atoms with E-state index in [4.69, 9.17) is 0 Å². The lowest BCUT2D eigenvalue weighted by Crippen LogP contribution is -2.27. The number of carboxylic acids is 1. The third-order valence-electron chi connectivity index (χ3n) is 3.61. The summed E-state index contributed by atoms with van der Waals surface area (Å²) in [7, 11) is 0. The van der Waals surface area contributed by atoms with Crippen LogP contribution >= 0.6 is 0 Å². The van der Waals surface area contributed by atoms with Gasteiger partial charge in [-0.1, -0.05) is 48.5 Å². The topological polar surface area (TPSA) is 57.6 Å². The molecule has 1 amide bonds. The summed E-state index contributed by atoms with van der Waals surface area (Å²) in [5.74, 6) is -1.36. The second-order valence-electron chi connectivity index (χ2n) is 5.16. The number of carbonyl (C=O) groups is 2. The molecule has 0 radical (unpaired) electrons. The highest BCUT2D eigenvalue weighted by atomic mass is 16.4. The number of anilines is 2. The Labute approximate surface area is 139 Å². The molecule has 0 unspecified atom stereocenters. The van der Waals surface area contributed by atoms with Gasteiger partial charge in [0.1, 0.15) is 0 Å². The molecule has 0 aromatic heterocycles. The first-order valence-corrected chi connectivity index (χ1v) is 7.45. The maximum absolute atomic E-state index is 13.1. The highest BCUT2D eigenvalue weighted by Gasteiger charge is 2.23. The smallest absolute Gasteiger partial charge is 0.337 e. The van der Waals surface area contributed by atoms with E-state index in [0.717, 1.165) is 0 Å². The Morgan fingerprint density at radius 3 is 1.88 bits per heavy atom. The highest BCUT2D eigenvalue weighted by molar-refractivity contribution is 6.13. The number of hydrogen-bond donors (Lipinski definition) is 1. The molecule has 0 atom stereocenters. The summed E-state index contributed by atoms with van der Waals surface area (Å²) in [6.45, 7) is 0. The summed E-state index contributed by atoms with van der Waals surface area (Å²) in [5, 5.41) is 9.48. The Hall–Kier alpha value is -3.40. The maximum Gasteiger partial charge on any atom is 0.337 e. The van der Waals surface area contributed by atoms with Crippen LogP contribution in [0, 0.1) is 0 Å². The van der Waals surface area contributed by atoms with Gasteiger partial charge < -0.3 is 5.11 Å². The monoisotopic (exact) mass is 317 g/mol. The van der Waals surface area contributed by atoms with Crippen LogP contribution in [0.3, 0.4) is 0 Å². The highest BCUT2D eigenvalue weighted by Crippen LogP contribution is 2.30. The Morgan fingerprint density at radius 1 is 0.708 bits per heavy atom. The lowest BCUT2D eigenvalue weighted by Gasteiger charge is -2.24. The number of carboxylic acid groups (broad SMARTS) is 1. The van der Waals surface area contributed by atoms with Crippen LogP contribution in [-0.2, 0) is 0 Å². The molecule has 0 aliphatic carbocycles. The molecule has 3 aromatic carbocycles. The standard InChI is InChI=1S/C20H15NO3/c22-19(15-9-3-1-4-10-15)21(16-11-5-2-6-12-16)18-14-8-7-13-17(18)20(23)24/h1-14H,(H,23,24). The van der Waals surface area contributed by atoms with Crippen LogP contribution in [0.5, 0.6) is 0 Å². The molecule has 4 heteroatoms. The first-order valence-electron chi connectivity index (χ1n) is 7.45. The number of para-hydroxylation sites is 2. The number of hydrogen-bond acceptors (Lipinski definition) is 2. The number of benzene rings is 3. The molecule has 0 heterocycles. The first kappa shape index (κ1) is 15.5. The van der Waals surface area contributed by atoms with Gasteiger partial charge in [-0.2, -0.15) is 0 Å². The third-order valence-corrected chi connectivity index (χ3v) is 3.61. The number of nitrogens with zero attached hydrogens (tertiary/aromatic N) is 1. The number of amides is 1. The molecule has 0 saturated carbocycles. The normalized spacial score (nSPS) is 10.2. The minimum absolute atomic E-state index is 0.0747. The SMILES string of the molecule is O=C(O)c1ccccc1N(C(=O)c1ccccc1)c1ccccc1. The van der Waals surface area contributed by atoms with Gasteiger partial charge in [-0.3, -0.25) is 9.69 Å². The van der Waals surface area contributed by atoms with Crippen LogP contribution in [0.2, 0.25) is 0 Å². The summed E-state index contributed by atoms with van der Waals surface area (Å²) in [5.41, 5.74) is 1.51. The van der Waals surface area contributed by atoms with E-state index >= 15 is 0 Å². The van der Waals surface area contributed by atoms with E-state index < -0.39 is 5.97 Å². The van der Waals surface area contributed by atoms with Gasteiger partial charge in [0.15, 0.2) is 0 Å². The Balaban J connectivity index is 2.18. The summed E-state index contributed by atoms with van der Waals surface area (Å²) >= 11 is 0. The van der Waals surface area contributed by atoms with Gasteiger partial charge in [-0.15, -0.1) is 0 Å². The van der Waals surface area contributed by atoms with E-state index in [1.165, 1.54) is 11.0 Å². The van der Waals surface area contributed by atoms with Crippen molar-refractivity contribution in [2.24, 2.45) is 0 Å². The van der Waals surface area contributed by atoms with E-state index in [9.17, 15) is 14.7 Å². The molecule has 24 heavy (non-hydrogen) atoms. The third kappa shape index (κ3) is 3.03. The zero-order valence-corrected chi connectivity index (χ0v) is 12.8. The van der Waals surface area contributed by atoms with Crippen LogP contribution < -0.4 is 4.90 Å². The van der Waals surface area contributed by atoms with Crippen LogP contribution in [0.4, 0.5) is 11.4 Å². The quantitative estimate of drug-likeness (QED) is 0.777. The molecule has 1 N–H and O–H groups in total. The predicted molar refractivity (Wildman–Crippen MR) is 92.8 cm³/mol. The van der Waals surface area contributed by atoms with E-state index in [-0.39, 0.29) is 11.5 Å². The van der Waals surface area contributed by atoms with Gasteiger partial charge in [0.2, 0.25) is 0 Å². The van der Waals surface area contributed by atoms with E-state index in [1.54, 1.807) is 54.6 Å². The van der Waals surface area contributed by atoms with E-state index in [2.05, 4.69) is 0 Å². The van der Waals surface area contributed by atoms with Crippen molar-refractivity contribution in [1.29, 1.82) is 0 Å². The van der Waals surface area contributed by atoms with Crippen molar-refractivity contribution in [2.75, 3.05) is 4.90 Å². The maximum atomic E-state index is 13.1. The van der Waals surface area contributed by atoms with Gasteiger partial charge in [0, 0.05) is 11.3 Å². The zero-order valence-electron chi connectivity index (χ0n) is 12.8. The summed E-state index contributed by atoms with van der Waals surface area (Å²) in [6, 6.07) is 24.3. The Bertz CT molecular complexity index is 860. The fraction of sp³-hybridized carbons (Fsp3) is 0. The minimum Gasteiger partial charge on any atom is -0.478 e. The van der Waals surface area contributed by atoms with Gasteiger partial charge in [0.05, 0.1) is 11.3 Å². The van der Waals surface area contributed by atoms with Crippen molar-refractivity contribution in [2.45, 2.75) is 0 Å². The largest absolute Gasteiger partial charge is 0.478 e. The van der Waals surface area contributed by atoms with Crippen molar-refractivity contribution in [1.82, 2.24) is 0 Å². The molecule has 0 aliphatic rings. The molecule has 0 spiro atoms. The summed E-state index contributed by atoms with van der Waals surface area (Å²) in [4.78, 5) is 26.1. The zero-order chi connectivity index (χ0) is 16.9. The molecule has 3 rings (SSSR count). The second-order valence-corrected chi connectivity index (χ2v) is 5.16. The Morgan fingerprint density at radius 2 is 1.25 bits per heavy atom. The van der Waals surface area contributed by atoms with Crippen molar-refractivity contribution in [3.8, 4) is 0 Å². The van der Waals surface area contributed by atoms with Crippen molar-refractivity contribution in [3.63, 3.8) is 0 Å². The molecule has 0 bridgehead atoms. The van der Waals surface area contributed by atoms with Gasteiger partial charge in [-0.25, -0.2) is 4.79 Å². The van der Waals surface area contributed by atoms with Crippen LogP contribution in [0.25, 0.3) is 0 Å². The average Bonchev–Trinajstić information content (AvgIpc) is 2.64. The summed E-state index contributed by atoms with van der Waals surface area (Å²) in [6.07, 6.45) is 0. The molecule has 118 valence electrons. The van der Waals surface area contributed by atoms with Crippen LogP contribution in [0.1, 0.15) is 20.7 Å². The molecule has 4 nitrogen and oxygen atoms in total. The number of aromatic carboxylic acids is 1. The minimum atomic E-state index is -1.08. The van der Waals surface area contributed by atoms with Gasteiger partial charge in [-0.05, 0) is 36.4 Å². The van der Waals surface area contributed by atoms with Crippen LogP contribution in [0.15, 0.2) is 84.9 Å². The fourth-order valence-corrected chi connectivity index (χ4v) is 2.50. The molecule has 3 aromatic rings. The van der Waals surface area contributed by atoms with Crippen LogP contribution in [-0.4, -0.2) is 17.0 Å². The van der Waals surface area contributed by atoms with Gasteiger partial charge in [0.25, 0.3) is 5.91 Å². The number of carbonyl (C=O) groups excluding carboxylic acids is 1. The van der Waals surface area contributed by atoms with E-state index in [0.29, 0.717) is 16.9 Å².